The molecule has 162 valence electrons. The molecule has 31 heavy (non-hydrogen) atoms. The molecule has 1 N–H and O–H groups in total. The van der Waals surface area contributed by atoms with E-state index in [1.807, 2.05) is 60.7 Å². The SMILES string of the molecule is COC(=O)CC(C#CCNC(=O)OC(C)(C)C)N=C(c1ccccc1)c1ccccc1. The van der Waals surface area contributed by atoms with Gasteiger partial charge in [-0.2, -0.15) is 0 Å². The number of ether oxygens (including phenoxy) is 2. The van der Waals surface area contributed by atoms with Crippen LogP contribution in [0.5, 0.6) is 0 Å². The molecule has 6 heteroatoms. The first kappa shape index (κ1) is 23.7. The Morgan fingerprint density at radius 1 is 1.00 bits per heavy atom. The van der Waals surface area contributed by atoms with Crippen molar-refractivity contribution in [2.45, 2.75) is 38.8 Å². The third kappa shape index (κ3) is 8.75. The molecule has 0 radical (unpaired) electrons. The van der Waals surface area contributed by atoms with Crippen molar-refractivity contribution in [3.05, 3.63) is 71.8 Å². The molecule has 0 bridgehead atoms. The van der Waals surface area contributed by atoms with Crippen LogP contribution in [0.25, 0.3) is 0 Å². The highest BCUT2D eigenvalue weighted by Gasteiger charge is 2.16. The number of alkyl carbamates (subject to hydrolysis) is 1. The third-order valence-corrected chi connectivity index (χ3v) is 3.96. The summed E-state index contributed by atoms with van der Waals surface area (Å²) in [6.45, 7) is 5.43. The fourth-order valence-electron chi connectivity index (χ4n) is 2.63. The van der Waals surface area contributed by atoms with E-state index in [2.05, 4.69) is 17.2 Å². The molecule has 0 saturated heterocycles. The Morgan fingerprint density at radius 3 is 2.03 bits per heavy atom. The topological polar surface area (TPSA) is 77.0 Å². The van der Waals surface area contributed by atoms with Gasteiger partial charge in [0.2, 0.25) is 0 Å². The van der Waals surface area contributed by atoms with E-state index in [9.17, 15) is 9.59 Å². The second-order valence-corrected chi connectivity index (χ2v) is 7.68. The van der Waals surface area contributed by atoms with Gasteiger partial charge in [-0.1, -0.05) is 72.5 Å². The molecule has 2 aromatic carbocycles. The van der Waals surface area contributed by atoms with Crippen molar-refractivity contribution in [3.8, 4) is 11.8 Å². The van der Waals surface area contributed by atoms with Crippen LogP contribution in [0.2, 0.25) is 0 Å². The number of nitrogens with one attached hydrogen (secondary N) is 1. The van der Waals surface area contributed by atoms with Gasteiger partial charge < -0.3 is 14.8 Å². The van der Waals surface area contributed by atoms with E-state index in [0.717, 1.165) is 16.8 Å². The summed E-state index contributed by atoms with van der Waals surface area (Å²) >= 11 is 0. The summed E-state index contributed by atoms with van der Waals surface area (Å²) in [5.74, 6) is 5.41. The van der Waals surface area contributed by atoms with Gasteiger partial charge >= 0.3 is 12.1 Å². The smallest absolute Gasteiger partial charge is 0.408 e. The number of benzene rings is 2. The standard InChI is InChI=1S/C25H28N2O4/c1-25(2,3)31-24(29)26-17-11-16-21(18-22(28)30-4)27-23(19-12-7-5-8-13-19)20-14-9-6-10-15-20/h5-10,12-15,21H,17-18H2,1-4H3,(H,26,29). The lowest BCUT2D eigenvalue weighted by atomic mass is 10.0. The fraction of sp³-hybridized carbons (Fsp3) is 0.320. The highest BCUT2D eigenvalue weighted by Crippen LogP contribution is 2.13. The second kappa shape index (κ2) is 11.6. The minimum absolute atomic E-state index is 0.000888. The van der Waals surface area contributed by atoms with Crippen molar-refractivity contribution in [1.82, 2.24) is 5.32 Å². The Labute approximate surface area is 183 Å². The van der Waals surface area contributed by atoms with E-state index in [1.165, 1.54) is 7.11 Å². The van der Waals surface area contributed by atoms with E-state index >= 15 is 0 Å². The zero-order valence-corrected chi connectivity index (χ0v) is 18.3. The van der Waals surface area contributed by atoms with Gasteiger partial charge in [-0.05, 0) is 20.8 Å². The first-order valence-corrected chi connectivity index (χ1v) is 9.99. The maximum atomic E-state index is 11.9. The van der Waals surface area contributed by atoms with Crippen LogP contribution in [0.1, 0.15) is 38.3 Å². The maximum Gasteiger partial charge on any atom is 0.408 e. The van der Waals surface area contributed by atoms with Crippen LogP contribution in [0.3, 0.4) is 0 Å². The van der Waals surface area contributed by atoms with Crippen molar-refractivity contribution in [2.24, 2.45) is 4.99 Å². The summed E-state index contributed by atoms with van der Waals surface area (Å²) in [4.78, 5) is 28.5. The molecule has 0 aromatic heterocycles. The van der Waals surface area contributed by atoms with Gasteiger partial charge in [0.25, 0.3) is 0 Å². The molecule has 0 heterocycles. The summed E-state index contributed by atoms with van der Waals surface area (Å²) in [5, 5.41) is 2.58. The van der Waals surface area contributed by atoms with Gasteiger partial charge in [0.05, 0.1) is 25.8 Å². The zero-order chi connectivity index (χ0) is 22.7. The lowest BCUT2D eigenvalue weighted by molar-refractivity contribution is -0.140. The van der Waals surface area contributed by atoms with E-state index in [1.54, 1.807) is 20.8 Å². The van der Waals surface area contributed by atoms with Crippen molar-refractivity contribution in [3.63, 3.8) is 0 Å². The van der Waals surface area contributed by atoms with Gasteiger partial charge in [0.15, 0.2) is 0 Å². The molecule has 2 aromatic rings. The van der Waals surface area contributed by atoms with E-state index in [0.29, 0.717) is 0 Å². The zero-order valence-electron chi connectivity index (χ0n) is 18.3. The predicted molar refractivity (Wildman–Crippen MR) is 121 cm³/mol. The molecular formula is C25H28N2O4. The van der Waals surface area contributed by atoms with Crippen molar-refractivity contribution < 1.29 is 19.1 Å². The van der Waals surface area contributed by atoms with E-state index < -0.39 is 23.7 Å². The minimum Gasteiger partial charge on any atom is -0.469 e. The molecule has 0 aliphatic carbocycles. The fourth-order valence-corrected chi connectivity index (χ4v) is 2.63. The van der Waals surface area contributed by atoms with Crippen LogP contribution >= 0.6 is 0 Å². The molecule has 0 saturated carbocycles. The lowest BCUT2D eigenvalue weighted by Gasteiger charge is -2.19. The monoisotopic (exact) mass is 420 g/mol. The second-order valence-electron chi connectivity index (χ2n) is 7.68. The maximum absolute atomic E-state index is 11.9. The molecule has 0 fully saturated rings. The summed E-state index contributed by atoms with van der Waals surface area (Å²) in [6.07, 6.45) is -0.553. The number of hydrogen-bond donors (Lipinski definition) is 1. The number of nitrogens with zero attached hydrogens (tertiary/aromatic N) is 1. The summed E-state index contributed by atoms with van der Waals surface area (Å²) in [5.41, 5.74) is 1.97. The molecule has 0 aliphatic rings. The molecule has 6 nitrogen and oxygen atoms in total. The normalized spacial score (nSPS) is 11.4. The van der Waals surface area contributed by atoms with Crippen LogP contribution < -0.4 is 5.32 Å². The van der Waals surface area contributed by atoms with Crippen LogP contribution in [0.15, 0.2) is 65.7 Å². The predicted octanol–water partition coefficient (Wildman–Crippen LogP) is 3.98. The summed E-state index contributed by atoms with van der Waals surface area (Å²) in [7, 11) is 1.33. The number of amides is 1. The van der Waals surface area contributed by atoms with Crippen LogP contribution in [0, 0.1) is 11.8 Å². The van der Waals surface area contributed by atoms with Crippen LogP contribution in [-0.4, -0.2) is 43.1 Å². The summed E-state index contributed by atoms with van der Waals surface area (Å²) < 4.78 is 9.99. The van der Waals surface area contributed by atoms with Crippen molar-refractivity contribution in [2.75, 3.05) is 13.7 Å². The molecular weight excluding hydrogens is 392 g/mol. The molecule has 0 spiro atoms. The number of carbonyl (C=O) groups is 2. The Kier molecular flexibility index (Phi) is 8.83. The number of aliphatic imine (C=N–C) groups is 1. The van der Waals surface area contributed by atoms with Crippen LogP contribution in [0.4, 0.5) is 4.79 Å². The van der Waals surface area contributed by atoms with Gasteiger partial charge in [-0.15, -0.1) is 0 Å². The highest BCUT2D eigenvalue weighted by atomic mass is 16.6. The number of methoxy groups -OCH3 is 1. The third-order valence-electron chi connectivity index (χ3n) is 3.96. The van der Waals surface area contributed by atoms with E-state index in [-0.39, 0.29) is 13.0 Å². The number of rotatable bonds is 6. The average Bonchev–Trinajstić information content (AvgIpc) is 2.74. The molecule has 2 rings (SSSR count). The minimum atomic E-state index is -0.636. The number of esters is 1. The molecule has 0 aliphatic heterocycles. The van der Waals surface area contributed by atoms with Gasteiger partial charge in [-0.25, -0.2) is 4.79 Å². The quantitative estimate of drug-likeness (QED) is 0.436. The van der Waals surface area contributed by atoms with Gasteiger partial charge in [0, 0.05) is 11.1 Å². The number of hydrogen-bond acceptors (Lipinski definition) is 5. The Balaban J connectivity index is 2.27. The Bertz CT molecular complexity index is 910. The molecule has 1 unspecified atom stereocenters. The van der Waals surface area contributed by atoms with E-state index in [4.69, 9.17) is 14.5 Å². The molecule has 1 atom stereocenters. The summed E-state index contributed by atoms with van der Waals surface area (Å²) in [6, 6.07) is 18.8. The highest BCUT2D eigenvalue weighted by molar-refractivity contribution is 6.13. The van der Waals surface area contributed by atoms with Crippen LogP contribution in [-0.2, 0) is 14.3 Å². The number of carbonyl (C=O) groups excluding carboxylic acids is 2. The molecule has 1 amide bonds. The van der Waals surface area contributed by atoms with Crippen molar-refractivity contribution >= 4 is 17.8 Å². The lowest BCUT2D eigenvalue weighted by Crippen LogP contribution is -2.32. The largest absolute Gasteiger partial charge is 0.469 e. The van der Waals surface area contributed by atoms with Gasteiger partial charge in [0.1, 0.15) is 11.6 Å². The Hall–Kier alpha value is -3.59. The van der Waals surface area contributed by atoms with Crippen molar-refractivity contribution in [1.29, 1.82) is 0 Å². The average molecular weight is 421 g/mol. The van der Waals surface area contributed by atoms with Gasteiger partial charge in [-0.3, -0.25) is 9.79 Å². The first-order chi connectivity index (χ1) is 14.8. The Morgan fingerprint density at radius 2 is 1.55 bits per heavy atom. The first-order valence-electron chi connectivity index (χ1n) is 9.99.